The molecular formula is C83H173F7. The highest BCUT2D eigenvalue weighted by Gasteiger charge is 2.54. The number of halogens is 7. The summed E-state index contributed by atoms with van der Waals surface area (Å²) in [6.07, 6.45) is 11.2. The molecule has 0 saturated carbocycles. The Labute approximate surface area is 566 Å². The predicted octanol–water partition coefficient (Wildman–Crippen LogP) is 30.9. The van der Waals surface area contributed by atoms with E-state index in [2.05, 4.69) is 180 Å². The van der Waals surface area contributed by atoms with Crippen LogP contribution in [0.25, 0.3) is 0 Å². The maximum Gasteiger partial charge on any atom is 0.118 e. The third-order valence-corrected chi connectivity index (χ3v) is 25.3. The fourth-order valence-corrected chi connectivity index (χ4v) is 15.8. The van der Waals surface area contributed by atoms with Gasteiger partial charge in [0.25, 0.3) is 0 Å². The summed E-state index contributed by atoms with van der Waals surface area (Å²) in [6, 6.07) is 0. The Morgan fingerprint density at radius 3 is 0.489 bits per heavy atom. The normalized spacial score (nSPS) is 15.3. The molecule has 0 N–H and O–H groups in total. The molecule has 0 nitrogen and oxygen atoms in total. The first-order valence-electron chi connectivity index (χ1n) is 38.0. The van der Waals surface area contributed by atoms with E-state index in [-0.39, 0.29) is 81.3 Å². The second-order valence-corrected chi connectivity index (χ2v) is 34.0. The van der Waals surface area contributed by atoms with Gasteiger partial charge in [-0.3, -0.25) is 0 Å². The molecule has 0 saturated heterocycles. The molecule has 0 radical (unpaired) electrons. The van der Waals surface area contributed by atoms with Gasteiger partial charge in [-0.15, -0.1) is 0 Å². The summed E-state index contributed by atoms with van der Waals surface area (Å²) < 4.78 is 101. The van der Waals surface area contributed by atoms with Gasteiger partial charge in [0.2, 0.25) is 0 Å². The first-order chi connectivity index (χ1) is 40.2. The largest absolute Gasteiger partial charge is 0.244 e. The van der Waals surface area contributed by atoms with E-state index in [9.17, 15) is 22.0 Å². The van der Waals surface area contributed by atoms with Crippen molar-refractivity contribution in [2.75, 3.05) is 0 Å². The van der Waals surface area contributed by atoms with Gasteiger partial charge in [-0.25, -0.2) is 30.7 Å². The summed E-state index contributed by atoms with van der Waals surface area (Å²) in [6.45, 7) is 88.8. The number of hydrogen-bond donors (Lipinski definition) is 0. The lowest BCUT2D eigenvalue weighted by Gasteiger charge is -2.51. The van der Waals surface area contributed by atoms with Crippen molar-refractivity contribution in [1.29, 1.82) is 0 Å². The van der Waals surface area contributed by atoms with Crippen molar-refractivity contribution >= 4 is 0 Å². The van der Waals surface area contributed by atoms with Crippen LogP contribution in [0.2, 0.25) is 0 Å². The Morgan fingerprint density at radius 1 is 0.211 bits per heavy atom. The van der Waals surface area contributed by atoms with E-state index in [0.29, 0.717) is 35.5 Å². The van der Waals surface area contributed by atoms with Crippen molar-refractivity contribution < 1.29 is 30.7 Å². The minimum Gasteiger partial charge on any atom is -0.244 e. The number of rotatable bonds is 32. The van der Waals surface area contributed by atoms with Crippen molar-refractivity contribution in [3.8, 4) is 0 Å². The minimum absolute atomic E-state index is 0.0994. The van der Waals surface area contributed by atoms with Crippen LogP contribution in [0, 0.1) is 117 Å². The number of hydrogen-bond acceptors (Lipinski definition) is 0. The Morgan fingerprint density at radius 2 is 0.389 bits per heavy atom. The summed E-state index contributed by atoms with van der Waals surface area (Å²) in [4.78, 5) is 0. The van der Waals surface area contributed by atoms with E-state index in [4.69, 9.17) is 0 Å². The van der Waals surface area contributed by atoms with E-state index in [1.54, 1.807) is 34.6 Å². The third kappa shape index (κ3) is 30.5. The molecule has 0 aromatic rings. The first kappa shape index (κ1) is 103. The summed E-state index contributed by atoms with van der Waals surface area (Å²) in [5.74, 6) is 4.10. The summed E-state index contributed by atoms with van der Waals surface area (Å²) in [7, 11) is 0. The zero-order valence-electron chi connectivity index (χ0n) is 69.9. The quantitative estimate of drug-likeness (QED) is 0.0589. The van der Waals surface area contributed by atoms with Gasteiger partial charge in [-0.1, -0.05) is 295 Å². The Hall–Kier alpha value is -0.490. The van der Waals surface area contributed by atoms with E-state index in [0.717, 1.165) is 77.0 Å². The van der Waals surface area contributed by atoms with Gasteiger partial charge in [0.1, 0.15) is 39.7 Å². The molecule has 0 bridgehead atoms. The predicted molar refractivity (Wildman–Crippen MR) is 399 cm³/mol. The molecule has 0 fully saturated rings. The molecule has 0 aromatic heterocycles. The highest BCUT2D eigenvalue weighted by atomic mass is 19.2. The molecular weight excluding hydrogens is 1130 g/mol. The van der Waals surface area contributed by atoms with Gasteiger partial charge in [-0.05, 0) is 188 Å². The monoisotopic (exact) mass is 1300 g/mol. The van der Waals surface area contributed by atoms with Gasteiger partial charge in [0, 0.05) is 16.2 Å². The van der Waals surface area contributed by atoms with Gasteiger partial charge in [0.05, 0.1) is 0 Å². The van der Waals surface area contributed by atoms with Crippen molar-refractivity contribution in [2.24, 2.45) is 117 Å². The molecule has 554 valence electrons. The minimum atomic E-state index is -1.09. The Bertz CT molecular complexity index is 1570. The fraction of sp³-hybridized carbons (Fsp3) is 1.00. The zero-order valence-corrected chi connectivity index (χ0v) is 69.9. The molecule has 0 rings (SSSR count). The highest BCUT2D eigenvalue weighted by molar-refractivity contribution is 5.03. The van der Waals surface area contributed by atoms with Crippen LogP contribution in [0.3, 0.4) is 0 Å². The highest BCUT2D eigenvalue weighted by Crippen LogP contribution is 2.54. The molecule has 90 heavy (non-hydrogen) atoms. The van der Waals surface area contributed by atoms with Crippen LogP contribution in [-0.4, -0.2) is 39.7 Å². The molecule has 0 aliphatic heterocycles. The maximum atomic E-state index is 15.4. The summed E-state index contributed by atoms with van der Waals surface area (Å²) in [5, 5.41) is 0. The average molecular weight is 1300 g/mol. The maximum absolute atomic E-state index is 15.4. The zero-order chi connectivity index (χ0) is 74.3. The van der Waals surface area contributed by atoms with E-state index in [1.165, 1.54) is 0 Å². The lowest BCUT2D eigenvalue weighted by molar-refractivity contribution is -0.0946. The summed E-state index contributed by atoms with van der Waals surface area (Å²) in [5.41, 5.74) is -7.77. The van der Waals surface area contributed by atoms with Gasteiger partial charge in [-0.2, -0.15) is 0 Å². The third-order valence-electron chi connectivity index (χ3n) is 25.3. The molecule has 0 aliphatic carbocycles. The van der Waals surface area contributed by atoms with Crippen molar-refractivity contribution in [2.45, 2.75) is 421 Å². The standard InChI is InChI=1S/C16H33F.C14H29F.2C12H25F.C11H23F.C10H21F.C8H17F/c1-10(2)14(11(3)4)16(9,17)15(12(5)6)13(7)8;1-8-12(5,9-2)14(7,15)13(6,10-3)11-4;1-8(2)11(9(3)4)12(7,13)10(5)6;1-6-10(7-2)12(5,13)11(8-3)9-4;1-7-10(5,8-2)11(6,12)9(3)4;1-6-9(7-2)10(5,11)8(3)4;1-6(2)8(5,9)7(3)4/h10-15H,1-9H3;8-11H2,1-7H3;8-11H,1-7H3;10-11H,6-9H2,1-5H3;9H,7-8H2,1-6H3;8-9H,6-7H2,1-5H3;6-7H,1-5H3/t;;12-;;11-;10-;/m..0.00./s1. The van der Waals surface area contributed by atoms with E-state index >= 15 is 8.78 Å². The SMILES string of the molecule is CC(C)C(C(C)C)C(C)(F)C(C(C)C)C(C)C.CC(C)C(C(C)C)[C@@](C)(F)C(C)C.CC(C)C(C)(F)C(C)C.CCC(C)(CC)C(C)(F)C(C)(CC)CC.CCC(C)(CC)[C@@](C)(F)C(C)C.CCC(CC)C(C)(F)C(CC)CC.CCC(CC)[C@@](C)(F)C(C)C. The van der Waals surface area contributed by atoms with Gasteiger partial charge >= 0.3 is 0 Å². The lowest BCUT2D eigenvalue weighted by Crippen LogP contribution is -2.51. The van der Waals surface area contributed by atoms with Crippen molar-refractivity contribution in [3.63, 3.8) is 0 Å². The van der Waals surface area contributed by atoms with Crippen LogP contribution in [0.5, 0.6) is 0 Å². The number of alkyl halides is 7. The molecule has 0 unspecified atom stereocenters. The van der Waals surface area contributed by atoms with Crippen LogP contribution < -0.4 is 0 Å². The molecule has 3 atom stereocenters. The smallest absolute Gasteiger partial charge is 0.118 e. The summed E-state index contributed by atoms with van der Waals surface area (Å²) >= 11 is 0. The molecule has 0 aromatic carbocycles. The fourth-order valence-electron chi connectivity index (χ4n) is 15.8. The molecule has 0 heterocycles. The Balaban J connectivity index is -0.000000180. The van der Waals surface area contributed by atoms with Crippen LogP contribution in [0.15, 0.2) is 0 Å². The average Bonchev–Trinajstić information content (AvgIpc) is 1.04. The van der Waals surface area contributed by atoms with E-state index in [1.807, 2.05) is 90.0 Å². The van der Waals surface area contributed by atoms with Gasteiger partial charge < -0.3 is 0 Å². The first-order valence-corrected chi connectivity index (χ1v) is 38.0. The van der Waals surface area contributed by atoms with E-state index < -0.39 is 39.7 Å². The Kier molecular flexibility index (Phi) is 51.7. The second-order valence-electron chi connectivity index (χ2n) is 34.0. The van der Waals surface area contributed by atoms with Crippen LogP contribution in [-0.2, 0) is 0 Å². The molecule has 0 amide bonds. The van der Waals surface area contributed by atoms with Crippen LogP contribution in [0.4, 0.5) is 30.7 Å². The second kappa shape index (κ2) is 45.2. The van der Waals surface area contributed by atoms with Crippen LogP contribution in [0.1, 0.15) is 382 Å². The van der Waals surface area contributed by atoms with Crippen LogP contribution >= 0.6 is 0 Å². The lowest BCUT2D eigenvalue weighted by atomic mass is 9.57. The van der Waals surface area contributed by atoms with Crippen molar-refractivity contribution in [3.05, 3.63) is 0 Å². The molecule has 0 aliphatic rings. The van der Waals surface area contributed by atoms with Gasteiger partial charge in [0.15, 0.2) is 0 Å². The topological polar surface area (TPSA) is 0 Å². The molecule has 7 heteroatoms. The van der Waals surface area contributed by atoms with Crippen molar-refractivity contribution in [1.82, 2.24) is 0 Å². The molecule has 0 spiro atoms.